The topological polar surface area (TPSA) is 62.9 Å². The normalized spacial score (nSPS) is 15.3. The van der Waals surface area contributed by atoms with E-state index in [-0.39, 0.29) is 6.04 Å². The van der Waals surface area contributed by atoms with E-state index in [9.17, 15) is 0 Å². The molecule has 144 valence electrons. The second kappa shape index (κ2) is 8.91. The van der Waals surface area contributed by atoms with Crippen LogP contribution in [0.5, 0.6) is 5.75 Å². The van der Waals surface area contributed by atoms with Crippen molar-refractivity contribution in [2.24, 2.45) is 10.7 Å². The van der Waals surface area contributed by atoms with Crippen LogP contribution in [0, 0.1) is 0 Å². The van der Waals surface area contributed by atoms with Crippen molar-refractivity contribution in [3.05, 3.63) is 59.2 Å². The first kappa shape index (κ1) is 19.2. The van der Waals surface area contributed by atoms with Crippen molar-refractivity contribution in [1.82, 2.24) is 4.90 Å². The van der Waals surface area contributed by atoms with Crippen molar-refractivity contribution < 1.29 is 4.74 Å². The van der Waals surface area contributed by atoms with Gasteiger partial charge in [0.05, 0.1) is 19.7 Å². The van der Waals surface area contributed by atoms with E-state index in [1.54, 1.807) is 7.11 Å². The lowest BCUT2D eigenvalue weighted by molar-refractivity contribution is 0.305. The van der Waals surface area contributed by atoms with Crippen LogP contribution in [0.1, 0.15) is 35.6 Å². The van der Waals surface area contributed by atoms with Crippen molar-refractivity contribution >= 4 is 11.6 Å². The Labute approximate surface area is 162 Å². The molecule has 0 saturated carbocycles. The van der Waals surface area contributed by atoms with Crippen LogP contribution < -0.4 is 15.8 Å². The highest BCUT2D eigenvalue weighted by Gasteiger charge is 2.16. The van der Waals surface area contributed by atoms with Crippen LogP contribution in [0.15, 0.2) is 47.5 Å². The number of nitrogens with zero attached hydrogens (tertiary/aromatic N) is 2. The van der Waals surface area contributed by atoms with Gasteiger partial charge < -0.3 is 20.7 Å². The summed E-state index contributed by atoms with van der Waals surface area (Å²) >= 11 is 0. The van der Waals surface area contributed by atoms with Crippen molar-refractivity contribution in [2.45, 2.75) is 31.7 Å². The molecule has 0 saturated heterocycles. The van der Waals surface area contributed by atoms with Crippen LogP contribution in [-0.4, -0.2) is 38.6 Å². The first-order chi connectivity index (χ1) is 13.1. The summed E-state index contributed by atoms with van der Waals surface area (Å²) in [7, 11) is 5.79. The number of hydrogen-bond acceptors (Lipinski definition) is 3. The third-order valence-corrected chi connectivity index (χ3v) is 5.20. The van der Waals surface area contributed by atoms with E-state index < -0.39 is 0 Å². The Kier molecular flexibility index (Phi) is 6.35. The fraction of sp³-hybridized carbons (Fsp3) is 0.409. The molecular formula is C22H30N4O. The molecule has 0 bridgehead atoms. The largest absolute Gasteiger partial charge is 0.497 e. The van der Waals surface area contributed by atoms with Crippen molar-refractivity contribution in [2.75, 3.05) is 33.1 Å². The number of benzene rings is 2. The number of ether oxygens (including phenoxy) is 1. The smallest absolute Gasteiger partial charge is 0.193 e. The number of nitrogens with two attached hydrogens (primary N) is 1. The lowest BCUT2D eigenvalue weighted by Crippen LogP contribution is -2.28. The summed E-state index contributed by atoms with van der Waals surface area (Å²) in [5, 5.41) is 3.32. The first-order valence-corrected chi connectivity index (χ1v) is 9.56. The molecule has 3 N–H and O–H groups in total. The van der Waals surface area contributed by atoms with Gasteiger partial charge in [-0.25, -0.2) is 0 Å². The third kappa shape index (κ3) is 4.80. The highest BCUT2D eigenvalue weighted by molar-refractivity contribution is 5.93. The van der Waals surface area contributed by atoms with E-state index in [0.717, 1.165) is 29.8 Å². The maximum Gasteiger partial charge on any atom is 0.193 e. The molecule has 27 heavy (non-hydrogen) atoms. The van der Waals surface area contributed by atoms with E-state index >= 15 is 0 Å². The second-order valence-electron chi connectivity index (χ2n) is 7.26. The molecule has 0 aromatic heterocycles. The number of rotatable bonds is 6. The van der Waals surface area contributed by atoms with Gasteiger partial charge in [-0.15, -0.1) is 0 Å². The number of aliphatic imine (C=N–C) groups is 1. The Morgan fingerprint density at radius 2 is 1.96 bits per heavy atom. The Bertz CT molecular complexity index is 801. The minimum Gasteiger partial charge on any atom is -0.497 e. The van der Waals surface area contributed by atoms with Gasteiger partial charge in [0.25, 0.3) is 0 Å². The summed E-state index contributed by atoms with van der Waals surface area (Å²) in [6, 6.07) is 14.6. The Morgan fingerprint density at radius 1 is 1.19 bits per heavy atom. The molecule has 2 aromatic carbocycles. The molecule has 2 aromatic rings. The third-order valence-electron chi connectivity index (χ3n) is 5.20. The second-order valence-corrected chi connectivity index (χ2v) is 7.26. The number of fused-ring (bicyclic) bond motifs is 1. The molecular weight excluding hydrogens is 336 g/mol. The lowest BCUT2D eigenvalue weighted by atomic mass is 9.90. The van der Waals surface area contributed by atoms with E-state index in [2.05, 4.69) is 59.6 Å². The predicted octanol–water partition coefficient (Wildman–Crippen LogP) is 3.60. The van der Waals surface area contributed by atoms with Gasteiger partial charge in [0.15, 0.2) is 5.96 Å². The molecule has 1 atom stereocenters. The van der Waals surface area contributed by atoms with Crippen molar-refractivity contribution in [3.63, 3.8) is 0 Å². The fourth-order valence-corrected chi connectivity index (χ4v) is 3.68. The van der Waals surface area contributed by atoms with Crippen molar-refractivity contribution in [1.29, 1.82) is 0 Å². The van der Waals surface area contributed by atoms with Gasteiger partial charge in [-0.2, -0.15) is 0 Å². The summed E-state index contributed by atoms with van der Waals surface area (Å²) in [5.74, 6) is 1.31. The van der Waals surface area contributed by atoms with Crippen molar-refractivity contribution in [3.8, 4) is 5.75 Å². The molecule has 1 aliphatic rings. The number of guanidine groups is 1. The molecule has 1 unspecified atom stereocenters. The van der Waals surface area contributed by atoms with Gasteiger partial charge in [0, 0.05) is 5.69 Å². The molecule has 0 amide bonds. The van der Waals surface area contributed by atoms with E-state index in [0.29, 0.717) is 12.5 Å². The molecule has 0 fully saturated rings. The summed E-state index contributed by atoms with van der Waals surface area (Å²) in [5.41, 5.74) is 11.3. The zero-order valence-corrected chi connectivity index (χ0v) is 16.5. The molecule has 5 heteroatoms. The van der Waals surface area contributed by atoms with Crippen LogP contribution >= 0.6 is 0 Å². The van der Waals surface area contributed by atoms with Gasteiger partial charge in [-0.3, -0.25) is 4.99 Å². The van der Waals surface area contributed by atoms with Crippen LogP contribution in [-0.2, 0) is 12.8 Å². The zero-order valence-electron chi connectivity index (χ0n) is 16.5. The number of anilines is 1. The summed E-state index contributed by atoms with van der Waals surface area (Å²) < 4.78 is 5.35. The van der Waals surface area contributed by atoms with E-state index in [4.69, 9.17) is 10.5 Å². The highest BCUT2D eigenvalue weighted by Crippen LogP contribution is 2.28. The number of likely N-dealkylation sites (N-methyl/N-ethyl adjacent to an activating group) is 1. The molecule has 1 aliphatic carbocycles. The average Bonchev–Trinajstić information content (AvgIpc) is 2.68. The zero-order chi connectivity index (χ0) is 19.2. The number of methoxy groups -OCH3 is 1. The monoisotopic (exact) mass is 366 g/mol. The van der Waals surface area contributed by atoms with E-state index in [1.165, 1.54) is 24.0 Å². The Balaban J connectivity index is 1.73. The maximum absolute atomic E-state index is 6.22. The molecule has 0 heterocycles. The molecule has 5 nitrogen and oxygen atoms in total. The first-order valence-electron chi connectivity index (χ1n) is 9.56. The quantitative estimate of drug-likeness (QED) is 0.606. The van der Waals surface area contributed by atoms with Crippen LogP contribution in [0.4, 0.5) is 5.69 Å². The minimum atomic E-state index is 0.130. The summed E-state index contributed by atoms with van der Waals surface area (Å²) in [6.07, 6.45) is 4.77. The van der Waals surface area contributed by atoms with E-state index in [1.807, 2.05) is 12.1 Å². The average molecular weight is 367 g/mol. The molecule has 0 aliphatic heterocycles. The van der Waals surface area contributed by atoms with Gasteiger partial charge in [-0.05, 0) is 74.7 Å². The maximum atomic E-state index is 6.22. The van der Waals surface area contributed by atoms with Gasteiger partial charge in [0.2, 0.25) is 0 Å². The van der Waals surface area contributed by atoms with Crippen LogP contribution in [0.2, 0.25) is 0 Å². The van der Waals surface area contributed by atoms with Crippen LogP contribution in [0.25, 0.3) is 0 Å². The molecule has 0 radical (unpaired) electrons. The van der Waals surface area contributed by atoms with Gasteiger partial charge in [-0.1, -0.05) is 24.3 Å². The minimum absolute atomic E-state index is 0.130. The lowest BCUT2D eigenvalue weighted by Gasteiger charge is -2.24. The predicted molar refractivity (Wildman–Crippen MR) is 113 cm³/mol. The van der Waals surface area contributed by atoms with Gasteiger partial charge in [0.1, 0.15) is 5.75 Å². The Morgan fingerprint density at radius 3 is 2.74 bits per heavy atom. The fourth-order valence-electron chi connectivity index (χ4n) is 3.68. The highest BCUT2D eigenvalue weighted by atomic mass is 16.5. The number of aryl methyl sites for hydroxylation is 1. The summed E-state index contributed by atoms with van der Waals surface area (Å²) in [4.78, 5) is 6.77. The SMILES string of the molecule is COc1cccc(C(CN=C(N)Nc2cccc3c2CCCC3)N(C)C)c1. The molecule has 3 rings (SSSR count). The number of nitrogens with one attached hydrogen (secondary N) is 1. The van der Waals surface area contributed by atoms with Crippen LogP contribution in [0.3, 0.4) is 0 Å². The Hall–Kier alpha value is -2.53. The van der Waals surface area contributed by atoms with Gasteiger partial charge >= 0.3 is 0 Å². The summed E-state index contributed by atoms with van der Waals surface area (Å²) in [6.45, 7) is 0.577. The standard InChI is InChI=1S/C22H30N4O/c1-26(2)21(17-10-6-11-18(14-17)27-3)15-24-22(23)25-20-13-7-9-16-8-4-5-12-19(16)20/h6-7,9-11,13-14,21H,4-5,8,12,15H2,1-3H3,(H3,23,24,25). The molecule has 0 spiro atoms. The number of hydrogen-bond donors (Lipinski definition) is 2.